The lowest BCUT2D eigenvalue weighted by Crippen LogP contribution is -1.99. The second kappa shape index (κ2) is 10.6. The maximum atomic E-state index is 2.12. The van der Waals surface area contributed by atoms with Gasteiger partial charge in [0.15, 0.2) is 0 Å². The minimum atomic E-state index is 1.16. The Balaban J connectivity index is 0. The van der Waals surface area contributed by atoms with Crippen LogP contribution in [0.5, 0.6) is 0 Å². The van der Waals surface area contributed by atoms with Crippen molar-refractivity contribution in [1.29, 1.82) is 0 Å². The molecule has 0 heterocycles. The number of allylic oxidation sites excluding steroid dienone is 2. The highest BCUT2D eigenvalue weighted by Crippen LogP contribution is 1.73. The van der Waals surface area contributed by atoms with Gasteiger partial charge in [0.2, 0.25) is 0 Å². The first-order chi connectivity index (χ1) is 4.15. The normalized spacial score (nSPS) is 9.56. The van der Waals surface area contributed by atoms with Gasteiger partial charge in [-0.2, -0.15) is 0 Å². The monoisotopic (exact) mass is 129 g/mol. The van der Waals surface area contributed by atoms with Crippen molar-refractivity contribution >= 4 is 0 Å². The van der Waals surface area contributed by atoms with Crippen LogP contribution in [0.2, 0.25) is 0 Å². The zero-order valence-electron chi connectivity index (χ0n) is 7.31. The molecular formula is C8H19N. The maximum Gasteiger partial charge on any atom is -0.0140 e. The van der Waals surface area contributed by atoms with Crippen LogP contribution in [0.1, 0.15) is 20.3 Å². The van der Waals surface area contributed by atoms with Crippen LogP contribution in [0.25, 0.3) is 0 Å². The highest BCUT2D eigenvalue weighted by molar-refractivity contribution is 4.73. The van der Waals surface area contributed by atoms with Gasteiger partial charge in [0, 0.05) is 0 Å². The Hall–Kier alpha value is -0.300. The quantitative estimate of drug-likeness (QED) is 0.490. The molecule has 0 aliphatic carbocycles. The Labute approximate surface area is 59.4 Å². The largest absolute Gasteiger partial charge is 0.312 e. The van der Waals surface area contributed by atoms with Crippen molar-refractivity contribution in [2.75, 3.05) is 21.1 Å². The third kappa shape index (κ3) is 86.6. The minimum absolute atomic E-state index is 1.16. The van der Waals surface area contributed by atoms with Gasteiger partial charge in [-0.25, -0.2) is 0 Å². The van der Waals surface area contributed by atoms with Gasteiger partial charge in [-0.3, -0.25) is 0 Å². The first-order valence-corrected chi connectivity index (χ1v) is 3.37. The molecule has 0 N–H and O–H groups in total. The lowest BCUT2D eigenvalue weighted by molar-refractivity contribution is 0.505. The number of hydrogen-bond donors (Lipinski definition) is 0. The smallest absolute Gasteiger partial charge is 0.0140 e. The van der Waals surface area contributed by atoms with Crippen LogP contribution < -0.4 is 0 Å². The van der Waals surface area contributed by atoms with Crippen LogP contribution in [0.4, 0.5) is 0 Å². The van der Waals surface area contributed by atoms with E-state index in [1.165, 1.54) is 0 Å². The van der Waals surface area contributed by atoms with Crippen molar-refractivity contribution in [1.82, 2.24) is 4.90 Å². The van der Waals surface area contributed by atoms with Crippen molar-refractivity contribution in [3.8, 4) is 0 Å². The van der Waals surface area contributed by atoms with Gasteiger partial charge in [-0.05, 0) is 34.5 Å². The molecule has 0 aliphatic heterocycles. The fourth-order valence-electron chi connectivity index (χ4n) is 0.236. The van der Waals surface area contributed by atoms with Gasteiger partial charge >= 0.3 is 0 Å². The highest BCUT2D eigenvalue weighted by atomic mass is 15.0. The van der Waals surface area contributed by atoms with Gasteiger partial charge < -0.3 is 4.90 Å². The van der Waals surface area contributed by atoms with E-state index in [0.29, 0.717) is 0 Å². The molecule has 9 heavy (non-hydrogen) atoms. The molecule has 0 aromatic heterocycles. The van der Waals surface area contributed by atoms with Gasteiger partial charge in [0.05, 0.1) is 0 Å². The molecule has 0 rings (SSSR count). The molecule has 0 amide bonds. The molecule has 0 aliphatic rings. The average molecular weight is 129 g/mol. The highest BCUT2D eigenvalue weighted by Gasteiger charge is 1.58. The third-order valence-electron chi connectivity index (χ3n) is 0.471. The lowest BCUT2D eigenvalue weighted by atomic mass is 10.4. The third-order valence-corrected chi connectivity index (χ3v) is 0.471. The van der Waals surface area contributed by atoms with E-state index in [2.05, 4.69) is 19.1 Å². The predicted molar refractivity (Wildman–Crippen MR) is 44.7 cm³/mol. The number of hydrogen-bond acceptors (Lipinski definition) is 1. The first kappa shape index (κ1) is 11.5. The molecule has 0 spiro atoms. The fraction of sp³-hybridized carbons (Fsp3) is 0.750. The maximum absolute atomic E-state index is 2.12. The molecule has 0 unspecified atom stereocenters. The Morgan fingerprint density at radius 2 is 1.56 bits per heavy atom. The summed E-state index contributed by atoms with van der Waals surface area (Å²) in [5.41, 5.74) is 0. The zero-order valence-corrected chi connectivity index (χ0v) is 7.31. The summed E-state index contributed by atoms with van der Waals surface area (Å²) in [5, 5.41) is 0. The van der Waals surface area contributed by atoms with Crippen LogP contribution in [-0.4, -0.2) is 26.0 Å². The SMILES string of the molecule is CC=CCC.CN(C)C. The molecule has 0 saturated carbocycles. The zero-order chi connectivity index (χ0) is 7.70. The molecule has 0 saturated heterocycles. The first-order valence-electron chi connectivity index (χ1n) is 3.37. The van der Waals surface area contributed by atoms with E-state index < -0.39 is 0 Å². The molecule has 56 valence electrons. The molecule has 0 bridgehead atoms. The van der Waals surface area contributed by atoms with E-state index >= 15 is 0 Å². The van der Waals surface area contributed by atoms with Crippen molar-refractivity contribution in [3.05, 3.63) is 12.2 Å². The Morgan fingerprint density at radius 1 is 1.22 bits per heavy atom. The van der Waals surface area contributed by atoms with Crippen LogP contribution in [-0.2, 0) is 0 Å². The van der Waals surface area contributed by atoms with Crippen molar-refractivity contribution in [2.24, 2.45) is 0 Å². The summed E-state index contributed by atoms with van der Waals surface area (Å²) in [6.45, 7) is 4.16. The van der Waals surface area contributed by atoms with E-state index in [9.17, 15) is 0 Å². The summed E-state index contributed by atoms with van der Waals surface area (Å²) < 4.78 is 0. The summed E-state index contributed by atoms with van der Waals surface area (Å²) in [6, 6.07) is 0. The van der Waals surface area contributed by atoms with E-state index in [0.717, 1.165) is 6.42 Å². The van der Waals surface area contributed by atoms with Gasteiger partial charge in [0.25, 0.3) is 0 Å². The Morgan fingerprint density at radius 3 is 1.56 bits per heavy atom. The van der Waals surface area contributed by atoms with E-state index in [4.69, 9.17) is 0 Å². The molecule has 1 nitrogen and oxygen atoms in total. The molecule has 0 fully saturated rings. The summed E-state index contributed by atoms with van der Waals surface area (Å²) in [4.78, 5) is 2.00. The predicted octanol–water partition coefficient (Wildman–Crippen LogP) is 2.15. The fourth-order valence-corrected chi connectivity index (χ4v) is 0.236. The molecule has 0 aromatic rings. The van der Waals surface area contributed by atoms with Crippen LogP contribution in [0.15, 0.2) is 12.2 Å². The van der Waals surface area contributed by atoms with E-state index in [1.54, 1.807) is 0 Å². The average Bonchev–Trinajstić information content (AvgIpc) is 1.66. The number of rotatable bonds is 1. The minimum Gasteiger partial charge on any atom is -0.312 e. The second-order valence-corrected chi connectivity index (χ2v) is 2.32. The summed E-state index contributed by atoms with van der Waals surface area (Å²) in [7, 11) is 6.00. The van der Waals surface area contributed by atoms with Crippen LogP contribution >= 0.6 is 0 Å². The standard InChI is InChI=1S/C5H10.C3H9N/c1-3-5-4-2;1-4(2)3/h3,5H,4H2,1-2H3;1-3H3. The van der Waals surface area contributed by atoms with Crippen molar-refractivity contribution < 1.29 is 0 Å². The topological polar surface area (TPSA) is 3.24 Å². The van der Waals surface area contributed by atoms with Crippen molar-refractivity contribution in [3.63, 3.8) is 0 Å². The van der Waals surface area contributed by atoms with Gasteiger partial charge in [-0.1, -0.05) is 19.1 Å². The second-order valence-electron chi connectivity index (χ2n) is 2.32. The summed E-state index contributed by atoms with van der Waals surface area (Å²) >= 11 is 0. The lowest BCUT2D eigenvalue weighted by Gasteiger charge is -1.90. The van der Waals surface area contributed by atoms with E-state index in [1.807, 2.05) is 33.0 Å². The Kier molecular flexibility index (Phi) is 13.6. The Bertz CT molecular complexity index is 52.8. The summed E-state index contributed by atoms with van der Waals surface area (Å²) in [5.74, 6) is 0. The molecule has 0 radical (unpaired) electrons. The van der Waals surface area contributed by atoms with Gasteiger partial charge in [-0.15, -0.1) is 0 Å². The van der Waals surface area contributed by atoms with Gasteiger partial charge in [0.1, 0.15) is 0 Å². The molecule has 0 aromatic carbocycles. The van der Waals surface area contributed by atoms with E-state index in [-0.39, 0.29) is 0 Å². The van der Waals surface area contributed by atoms with Crippen LogP contribution in [0, 0.1) is 0 Å². The molecule has 0 atom stereocenters. The number of nitrogens with zero attached hydrogens (tertiary/aromatic N) is 1. The molecule has 1 heteroatoms. The van der Waals surface area contributed by atoms with Crippen LogP contribution in [0.3, 0.4) is 0 Å². The van der Waals surface area contributed by atoms with Crippen molar-refractivity contribution in [2.45, 2.75) is 20.3 Å². The summed E-state index contributed by atoms with van der Waals surface area (Å²) in [6.07, 6.45) is 5.34. The molecular weight excluding hydrogens is 110 g/mol.